The zero-order chi connectivity index (χ0) is 22.5. The Morgan fingerprint density at radius 3 is 2.59 bits per heavy atom. The average molecular weight is 448 g/mol. The minimum Gasteiger partial charge on any atom is -0.454 e. The third-order valence-corrected chi connectivity index (χ3v) is 5.39. The summed E-state index contributed by atoms with van der Waals surface area (Å²) in [6.07, 6.45) is 2.29. The minimum absolute atomic E-state index is 0.0995. The second kappa shape index (κ2) is 9.66. The average Bonchev–Trinajstić information content (AvgIpc) is 2.79. The van der Waals surface area contributed by atoms with E-state index in [1.807, 2.05) is 43.3 Å². The molecule has 4 aromatic rings. The number of fused-ring (bicyclic) bond motifs is 1. The van der Waals surface area contributed by atoms with Crippen molar-refractivity contribution in [1.82, 2.24) is 9.55 Å². The van der Waals surface area contributed by atoms with Gasteiger partial charge in [0.2, 0.25) is 5.91 Å². The van der Waals surface area contributed by atoms with Crippen LogP contribution in [0.3, 0.4) is 0 Å². The Kier molecular flexibility index (Phi) is 6.52. The van der Waals surface area contributed by atoms with Crippen LogP contribution in [0.4, 0.5) is 5.69 Å². The van der Waals surface area contributed by atoms with Gasteiger partial charge in [-0.05, 0) is 49.2 Å². The number of ether oxygens (including phenoxy) is 1. The zero-order valence-electron chi connectivity index (χ0n) is 17.5. The molecule has 6 nitrogen and oxygen atoms in total. The first kappa shape index (κ1) is 21.6. The molecule has 1 aromatic heterocycles. The van der Waals surface area contributed by atoms with Crippen molar-refractivity contribution in [1.29, 1.82) is 0 Å². The highest BCUT2D eigenvalue weighted by Crippen LogP contribution is 2.33. The lowest BCUT2D eigenvalue weighted by Gasteiger charge is -2.13. The molecule has 0 aliphatic carbocycles. The third kappa shape index (κ3) is 4.81. The van der Waals surface area contributed by atoms with Gasteiger partial charge < -0.3 is 10.1 Å². The zero-order valence-corrected chi connectivity index (χ0v) is 18.3. The number of benzene rings is 3. The van der Waals surface area contributed by atoms with E-state index in [4.69, 9.17) is 16.3 Å². The summed E-state index contributed by atoms with van der Waals surface area (Å²) >= 11 is 6.17. The molecule has 0 saturated carbocycles. The Morgan fingerprint density at radius 2 is 1.78 bits per heavy atom. The Balaban J connectivity index is 1.39. The molecule has 3 aromatic carbocycles. The van der Waals surface area contributed by atoms with Gasteiger partial charge in [0.05, 0.1) is 27.9 Å². The van der Waals surface area contributed by atoms with Gasteiger partial charge in [0, 0.05) is 13.0 Å². The predicted molar refractivity (Wildman–Crippen MR) is 127 cm³/mol. The van der Waals surface area contributed by atoms with Crippen molar-refractivity contribution in [2.75, 3.05) is 5.32 Å². The number of aromatic nitrogens is 2. The van der Waals surface area contributed by atoms with Crippen LogP contribution in [0.2, 0.25) is 5.02 Å². The van der Waals surface area contributed by atoms with E-state index in [1.165, 1.54) is 0 Å². The first-order chi connectivity index (χ1) is 15.5. The SMILES string of the molecule is Cc1cccc2c(=O)n(CCCC(=O)Nc3ccccc3Oc3ccccc3Cl)cnc12. The molecule has 0 saturated heterocycles. The summed E-state index contributed by atoms with van der Waals surface area (Å²) in [6.45, 7) is 2.33. The number of para-hydroxylation sites is 4. The fourth-order valence-electron chi connectivity index (χ4n) is 3.42. The molecule has 1 amide bonds. The summed E-state index contributed by atoms with van der Waals surface area (Å²) in [5.74, 6) is 0.839. The summed E-state index contributed by atoms with van der Waals surface area (Å²) in [4.78, 5) is 29.6. The molecular formula is C25H22ClN3O3. The highest BCUT2D eigenvalue weighted by Gasteiger charge is 2.11. The summed E-state index contributed by atoms with van der Waals surface area (Å²) < 4.78 is 7.43. The Bertz CT molecular complexity index is 1330. The second-order valence-electron chi connectivity index (χ2n) is 7.39. The molecule has 0 aliphatic heterocycles. The van der Waals surface area contributed by atoms with Crippen LogP contribution in [0, 0.1) is 6.92 Å². The van der Waals surface area contributed by atoms with Crippen molar-refractivity contribution >= 4 is 34.1 Å². The highest BCUT2D eigenvalue weighted by atomic mass is 35.5. The lowest BCUT2D eigenvalue weighted by Crippen LogP contribution is -2.22. The molecule has 0 radical (unpaired) electrons. The van der Waals surface area contributed by atoms with Gasteiger partial charge in [0.15, 0.2) is 5.75 Å². The lowest BCUT2D eigenvalue weighted by molar-refractivity contribution is -0.116. The largest absolute Gasteiger partial charge is 0.454 e. The van der Waals surface area contributed by atoms with Gasteiger partial charge in [0.1, 0.15) is 5.75 Å². The lowest BCUT2D eigenvalue weighted by atomic mass is 10.1. The van der Waals surface area contributed by atoms with E-state index in [0.717, 1.165) is 5.56 Å². The first-order valence-electron chi connectivity index (χ1n) is 10.3. The van der Waals surface area contributed by atoms with E-state index in [1.54, 1.807) is 41.2 Å². The van der Waals surface area contributed by atoms with Crippen molar-refractivity contribution < 1.29 is 9.53 Å². The number of aryl methyl sites for hydroxylation is 2. The van der Waals surface area contributed by atoms with E-state index < -0.39 is 0 Å². The molecule has 162 valence electrons. The molecule has 0 spiro atoms. The van der Waals surface area contributed by atoms with Crippen LogP contribution in [0.5, 0.6) is 11.5 Å². The number of carbonyl (C=O) groups excluding carboxylic acids is 1. The summed E-state index contributed by atoms with van der Waals surface area (Å²) in [5.41, 5.74) is 2.13. The van der Waals surface area contributed by atoms with E-state index in [2.05, 4.69) is 10.3 Å². The van der Waals surface area contributed by atoms with Crippen molar-refractivity contribution in [2.24, 2.45) is 0 Å². The number of anilines is 1. The van der Waals surface area contributed by atoms with Crippen molar-refractivity contribution in [3.8, 4) is 11.5 Å². The topological polar surface area (TPSA) is 73.2 Å². The van der Waals surface area contributed by atoms with Crippen LogP contribution >= 0.6 is 11.6 Å². The van der Waals surface area contributed by atoms with E-state index in [9.17, 15) is 9.59 Å². The number of halogens is 1. The van der Waals surface area contributed by atoms with Crippen LogP contribution in [0.25, 0.3) is 10.9 Å². The first-order valence-corrected chi connectivity index (χ1v) is 10.7. The maximum absolute atomic E-state index is 12.7. The number of hydrogen-bond acceptors (Lipinski definition) is 4. The van der Waals surface area contributed by atoms with Crippen molar-refractivity contribution in [2.45, 2.75) is 26.3 Å². The number of rotatable bonds is 7. The summed E-state index contributed by atoms with van der Waals surface area (Å²) in [6, 6.07) is 19.9. The number of hydrogen-bond donors (Lipinski definition) is 1. The Labute approximate surface area is 190 Å². The van der Waals surface area contributed by atoms with Crippen LogP contribution in [-0.4, -0.2) is 15.5 Å². The van der Waals surface area contributed by atoms with E-state index >= 15 is 0 Å². The Morgan fingerprint density at radius 1 is 1.03 bits per heavy atom. The third-order valence-electron chi connectivity index (χ3n) is 5.08. The van der Waals surface area contributed by atoms with Gasteiger partial charge in [0.25, 0.3) is 5.56 Å². The molecule has 1 heterocycles. The van der Waals surface area contributed by atoms with Gasteiger partial charge in [-0.3, -0.25) is 14.2 Å². The van der Waals surface area contributed by atoms with Crippen molar-refractivity contribution in [3.05, 3.63) is 94.0 Å². The van der Waals surface area contributed by atoms with Gasteiger partial charge in [-0.25, -0.2) is 4.98 Å². The molecule has 0 fully saturated rings. The van der Waals surface area contributed by atoms with Gasteiger partial charge in [-0.1, -0.05) is 48.0 Å². The standard InChI is InChI=1S/C25H22ClN3O3/c1-17-8-6-9-18-24(17)27-16-29(25(18)31)15-7-14-23(30)28-20-11-3-5-13-22(20)32-21-12-4-2-10-19(21)26/h2-6,8-13,16H,7,14-15H2,1H3,(H,28,30). The normalized spacial score (nSPS) is 10.8. The second-order valence-corrected chi connectivity index (χ2v) is 7.80. The monoisotopic (exact) mass is 447 g/mol. The Hall–Kier alpha value is -3.64. The molecule has 7 heteroatoms. The quantitative estimate of drug-likeness (QED) is 0.402. The molecule has 1 N–H and O–H groups in total. The molecule has 32 heavy (non-hydrogen) atoms. The van der Waals surface area contributed by atoms with Crippen LogP contribution in [0.15, 0.2) is 77.9 Å². The number of nitrogens with zero attached hydrogens (tertiary/aromatic N) is 2. The van der Waals surface area contributed by atoms with Crippen LogP contribution < -0.4 is 15.6 Å². The molecule has 0 atom stereocenters. The van der Waals surface area contributed by atoms with Gasteiger partial charge >= 0.3 is 0 Å². The summed E-state index contributed by atoms with van der Waals surface area (Å²) in [7, 11) is 0. The highest BCUT2D eigenvalue weighted by molar-refractivity contribution is 6.32. The molecular weight excluding hydrogens is 426 g/mol. The van der Waals surface area contributed by atoms with Gasteiger partial charge in [-0.15, -0.1) is 0 Å². The van der Waals surface area contributed by atoms with Gasteiger partial charge in [-0.2, -0.15) is 0 Å². The number of carbonyl (C=O) groups is 1. The van der Waals surface area contributed by atoms with Crippen LogP contribution in [-0.2, 0) is 11.3 Å². The number of nitrogens with one attached hydrogen (secondary N) is 1. The maximum atomic E-state index is 12.7. The number of amides is 1. The maximum Gasteiger partial charge on any atom is 0.261 e. The predicted octanol–water partition coefficient (Wildman–Crippen LogP) is 5.57. The molecule has 0 bridgehead atoms. The summed E-state index contributed by atoms with van der Waals surface area (Å²) in [5, 5.41) is 3.95. The molecule has 0 unspecified atom stereocenters. The van der Waals surface area contributed by atoms with Crippen LogP contribution in [0.1, 0.15) is 18.4 Å². The van der Waals surface area contributed by atoms with E-state index in [-0.39, 0.29) is 17.9 Å². The smallest absolute Gasteiger partial charge is 0.261 e. The minimum atomic E-state index is -0.169. The fraction of sp³-hybridized carbons (Fsp3) is 0.160. The van der Waals surface area contributed by atoms with Crippen molar-refractivity contribution in [3.63, 3.8) is 0 Å². The fourth-order valence-corrected chi connectivity index (χ4v) is 3.60. The molecule has 4 rings (SSSR count). The van der Waals surface area contributed by atoms with E-state index in [0.29, 0.717) is 46.1 Å². The molecule has 0 aliphatic rings.